The SMILES string of the molecule is CCNC(Cc1ccc(CC)s1)C1CCSC1. The van der Waals surface area contributed by atoms with Crippen LogP contribution in [-0.4, -0.2) is 24.1 Å². The van der Waals surface area contributed by atoms with E-state index in [-0.39, 0.29) is 0 Å². The van der Waals surface area contributed by atoms with E-state index in [1.54, 1.807) is 4.88 Å². The van der Waals surface area contributed by atoms with Crippen LogP contribution in [0.1, 0.15) is 30.0 Å². The zero-order valence-corrected chi connectivity index (χ0v) is 12.5. The van der Waals surface area contributed by atoms with Gasteiger partial charge in [0, 0.05) is 15.8 Å². The first-order valence-corrected chi connectivity index (χ1v) is 8.69. The minimum Gasteiger partial charge on any atom is -0.314 e. The van der Waals surface area contributed by atoms with Gasteiger partial charge in [0.05, 0.1) is 0 Å². The molecule has 1 aliphatic rings. The zero-order chi connectivity index (χ0) is 12.1. The molecule has 17 heavy (non-hydrogen) atoms. The third kappa shape index (κ3) is 3.73. The molecule has 1 nitrogen and oxygen atoms in total. The number of rotatable bonds is 6. The summed E-state index contributed by atoms with van der Waals surface area (Å²) in [7, 11) is 0. The second-order valence-electron chi connectivity index (χ2n) is 4.71. The summed E-state index contributed by atoms with van der Waals surface area (Å²) in [5.41, 5.74) is 0. The van der Waals surface area contributed by atoms with Gasteiger partial charge in [-0.3, -0.25) is 0 Å². The van der Waals surface area contributed by atoms with E-state index in [1.165, 1.54) is 35.6 Å². The average molecular weight is 269 g/mol. The van der Waals surface area contributed by atoms with Gasteiger partial charge in [-0.2, -0.15) is 11.8 Å². The lowest BCUT2D eigenvalue weighted by atomic mass is 9.95. The molecule has 2 rings (SSSR count). The highest BCUT2D eigenvalue weighted by molar-refractivity contribution is 7.99. The van der Waals surface area contributed by atoms with E-state index in [0.29, 0.717) is 6.04 Å². The maximum atomic E-state index is 3.69. The Morgan fingerprint density at radius 2 is 2.18 bits per heavy atom. The normalized spacial score (nSPS) is 21.9. The second kappa shape index (κ2) is 6.81. The van der Waals surface area contributed by atoms with Gasteiger partial charge in [-0.25, -0.2) is 0 Å². The lowest BCUT2D eigenvalue weighted by Crippen LogP contribution is -2.37. The number of likely N-dealkylation sites (N-methyl/N-ethyl adjacent to an activating group) is 1. The summed E-state index contributed by atoms with van der Waals surface area (Å²) in [5.74, 6) is 3.59. The quantitative estimate of drug-likeness (QED) is 0.847. The van der Waals surface area contributed by atoms with Crippen LogP contribution in [-0.2, 0) is 12.8 Å². The van der Waals surface area contributed by atoms with Crippen molar-refractivity contribution in [2.24, 2.45) is 5.92 Å². The molecule has 2 heterocycles. The predicted octanol–water partition coefficient (Wildman–Crippen LogP) is 3.58. The Labute approximate surface area is 113 Å². The van der Waals surface area contributed by atoms with E-state index in [0.717, 1.165) is 12.5 Å². The summed E-state index contributed by atoms with van der Waals surface area (Å²) >= 11 is 4.12. The first kappa shape index (κ1) is 13.4. The Hall–Kier alpha value is 0.01000. The molecular weight excluding hydrogens is 246 g/mol. The van der Waals surface area contributed by atoms with Crippen LogP contribution in [0.5, 0.6) is 0 Å². The van der Waals surface area contributed by atoms with Gasteiger partial charge in [0.1, 0.15) is 0 Å². The van der Waals surface area contributed by atoms with E-state index in [2.05, 4.69) is 43.1 Å². The van der Waals surface area contributed by atoms with E-state index >= 15 is 0 Å². The van der Waals surface area contributed by atoms with Crippen LogP contribution in [0, 0.1) is 5.92 Å². The van der Waals surface area contributed by atoms with Gasteiger partial charge < -0.3 is 5.32 Å². The second-order valence-corrected chi connectivity index (χ2v) is 7.12. The molecule has 2 unspecified atom stereocenters. The summed E-state index contributed by atoms with van der Waals surface area (Å²) in [6, 6.07) is 5.32. The number of hydrogen-bond acceptors (Lipinski definition) is 3. The summed E-state index contributed by atoms with van der Waals surface area (Å²) < 4.78 is 0. The van der Waals surface area contributed by atoms with Crippen molar-refractivity contribution in [2.75, 3.05) is 18.1 Å². The highest BCUT2D eigenvalue weighted by Gasteiger charge is 2.25. The summed E-state index contributed by atoms with van der Waals surface area (Å²) in [5, 5.41) is 3.69. The molecule has 1 saturated heterocycles. The molecule has 1 fully saturated rings. The maximum Gasteiger partial charge on any atom is 0.0152 e. The molecule has 1 aromatic heterocycles. The Balaban J connectivity index is 1.96. The topological polar surface area (TPSA) is 12.0 Å². The number of aryl methyl sites for hydroxylation is 1. The van der Waals surface area contributed by atoms with Crippen molar-refractivity contribution in [1.82, 2.24) is 5.32 Å². The number of thiophene rings is 1. The van der Waals surface area contributed by atoms with Crippen molar-refractivity contribution in [3.8, 4) is 0 Å². The third-order valence-electron chi connectivity index (χ3n) is 3.49. The standard InChI is InChI=1S/C14H23NS2/c1-3-12-5-6-13(17-12)9-14(15-4-2)11-7-8-16-10-11/h5-6,11,14-15H,3-4,7-10H2,1-2H3. The van der Waals surface area contributed by atoms with Gasteiger partial charge in [0.25, 0.3) is 0 Å². The number of nitrogens with one attached hydrogen (secondary N) is 1. The molecule has 3 heteroatoms. The lowest BCUT2D eigenvalue weighted by molar-refractivity contribution is 0.389. The average Bonchev–Trinajstić information content (AvgIpc) is 2.99. The molecule has 0 amide bonds. The van der Waals surface area contributed by atoms with Crippen LogP contribution >= 0.6 is 23.1 Å². The molecule has 0 bridgehead atoms. The van der Waals surface area contributed by atoms with Gasteiger partial charge in [0.15, 0.2) is 0 Å². The van der Waals surface area contributed by atoms with Crippen molar-refractivity contribution < 1.29 is 0 Å². The van der Waals surface area contributed by atoms with Gasteiger partial charge >= 0.3 is 0 Å². The van der Waals surface area contributed by atoms with Crippen molar-refractivity contribution in [3.05, 3.63) is 21.9 Å². The Bertz CT molecular complexity index is 329. The maximum absolute atomic E-state index is 3.69. The molecule has 1 aliphatic heterocycles. The largest absolute Gasteiger partial charge is 0.314 e. The van der Waals surface area contributed by atoms with Crippen LogP contribution in [0.15, 0.2) is 12.1 Å². The van der Waals surface area contributed by atoms with Crippen molar-refractivity contribution in [2.45, 2.75) is 39.2 Å². The van der Waals surface area contributed by atoms with Crippen LogP contribution in [0.2, 0.25) is 0 Å². The summed E-state index contributed by atoms with van der Waals surface area (Å²) in [6.45, 7) is 5.56. The van der Waals surface area contributed by atoms with Gasteiger partial charge in [-0.15, -0.1) is 11.3 Å². The minimum absolute atomic E-state index is 0.693. The molecule has 96 valence electrons. The van der Waals surface area contributed by atoms with Crippen molar-refractivity contribution in [3.63, 3.8) is 0 Å². The van der Waals surface area contributed by atoms with E-state index in [9.17, 15) is 0 Å². The van der Waals surface area contributed by atoms with Crippen LogP contribution < -0.4 is 5.32 Å². The van der Waals surface area contributed by atoms with Crippen molar-refractivity contribution in [1.29, 1.82) is 0 Å². The molecule has 0 saturated carbocycles. The Morgan fingerprint density at radius 3 is 2.76 bits per heavy atom. The minimum atomic E-state index is 0.693. The fourth-order valence-electron chi connectivity index (χ4n) is 2.48. The predicted molar refractivity (Wildman–Crippen MR) is 80.3 cm³/mol. The highest BCUT2D eigenvalue weighted by atomic mass is 32.2. The first-order chi connectivity index (χ1) is 8.33. The smallest absolute Gasteiger partial charge is 0.0152 e. The molecular formula is C14H23NS2. The lowest BCUT2D eigenvalue weighted by Gasteiger charge is -2.23. The van der Waals surface area contributed by atoms with E-state index < -0.39 is 0 Å². The number of thioether (sulfide) groups is 1. The van der Waals surface area contributed by atoms with Gasteiger partial charge in [-0.05, 0) is 55.4 Å². The van der Waals surface area contributed by atoms with Crippen LogP contribution in [0.3, 0.4) is 0 Å². The monoisotopic (exact) mass is 269 g/mol. The highest BCUT2D eigenvalue weighted by Crippen LogP contribution is 2.29. The first-order valence-electron chi connectivity index (χ1n) is 6.72. The molecule has 0 aliphatic carbocycles. The van der Waals surface area contributed by atoms with Gasteiger partial charge in [-0.1, -0.05) is 13.8 Å². The number of hydrogen-bond donors (Lipinski definition) is 1. The fourth-order valence-corrected chi connectivity index (χ4v) is 4.83. The van der Waals surface area contributed by atoms with Crippen LogP contribution in [0.4, 0.5) is 0 Å². The van der Waals surface area contributed by atoms with E-state index in [4.69, 9.17) is 0 Å². The fraction of sp³-hybridized carbons (Fsp3) is 0.714. The van der Waals surface area contributed by atoms with E-state index in [1.807, 2.05) is 11.3 Å². The summed E-state index contributed by atoms with van der Waals surface area (Å²) in [4.78, 5) is 3.08. The van der Waals surface area contributed by atoms with Crippen LogP contribution in [0.25, 0.3) is 0 Å². The Morgan fingerprint density at radius 1 is 1.35 bits per heavy atom. The molecule has 1 N–H and O–H groups in total. The zero-order valence-electron chi connectivity index (χ0n) is 10.9. The van der Waals surface area contributed by atoms with Crippen molar-refractivity contribution >= 4 is 23.1 Å². The molecule has 0 aromatic carbocycles. The molecule has 2 atom stereocenters. The molecule has 0 radical (unpaired) electrons. The Kier molecular flexibility index (Phi) is 5.39. The summed E-state index contributed by atoms with van der Waals surface area (Å²) in [6.07, 6.45) is 3.80. The molecule has 1 aromatic rings. The third-order valence-corrected chi connectivity index (χ3v) is 5.93. The molecule has 0 spiro atoms. The van der Waals surface area contributed by atoms with Gasteiger partial charge in [0.2, 0.25) is 0 Å².